The lowest BCUT2D eigenvalue weighted by Crippen LogP contribution is -2.58. The molecule has 5 atom stereocenters. The Bertz CT molecular complexity index is 331. The van der Waals surface area contributed by atoms with Crippen LogP contribution < -0.4 is 0 Å². The predicted octanol–water partition coefficient (Wildman–Crippen LogP) is -1.33. The van der Waals surface area contributed by atoms with Crippen molar-refractivity contribution in [3.8, 4) is 0 Å². The number of azide groups is 1. The molecule has 0 aromatic rings. The van der Waals surface area contributed by atoms with Crippen LogP contribution in [-0.2, 0) is 14.3 Å². The lowest BCUT2D eigenvalue weighted by atomic mass is 9.99. The van der Waals surface area contributed by atoms with Gasteiger partial charge in [-0.15, -0.1) is 0 Å². The second-order valence-corrected chi connectivity index (χ2v) is 3.54. The van der Waals surface area contributed by atoms with E-state index in [0.29, 0.717) is 0 Å². The van der Waals surface area contributed by atoms with Crippen LogP contribution in [0.5, 0.6) is 0 Å². The van der Waals surface area contributed by atoms with Crippen molar-refractivity contribution in [3.05, 3.63) is 10.4 Å². The number of ether oxygens (including phenoxy) is 2. The number of carbonyl (C=O) groups excluding carboxylic acids is 1. The number of carbonyl (C=O) groups is 1. The van der Waals surface area contributed by atoms with Crippen LogP contribution in [0.15, 0.2) is 5.11 Å². The van der Waals surface area contributed by atoms with Crippen LogP contribution in [0.3, 0.4) is 0 Å². The van der Waals surface area contributed by atoms with Gasteiger partial charge in [0.15, 0.2) is 6.23 Å². The summed E-state index contributed by atoms with van der Waals surface area (Å²) < 4.78 is 9.62. The molecule has 0 saturated carbocycles. The van der Waals surface area contributed by atoms with Gasteiger partial charge in [0, 0.05) is 11.8 Å². The van der Waals surface area contributed by atoms with Crippen molar-refractivity contribution in [2.75, 3.05) is 6.61 Å². The number of rotatable bonds is 3. The topological polar surface area (TPSA) is 145 Å². The van der Waals surface area contributed by atoms with Crippen LogP contribution in [0.2, 0.25) is 0 Å². The van der Waals surface area contributed by atoms with Gasteiger partial charge in [0.2, 0.25) is 0 Å². The third kappa shape index (κ3) is 3.29. The summed E-state index contributed by atoms with van der Waals surface area (Å²) in [6.07, 6.45) is -6.91. The first-order valence-corrected chi connectivity index (χ1v) is 4.84. The first-order valence-electron chi connectivity index (χ1n) is 4.84. The summed E-state index contributed by atoms with van der Waals surface area (Å²) in [6, 6.07) is 0. The van der Waals surface area contributed by atoms with Crippen molar-refractivity contribution in [1.82, 2.24) is 0 Å². The van der Waals surface area contributed by atoms with E-state index in [0.717, 1.165) is 0 Å². The third-order valence-electron chi connectivity index (χ3n) is 2.30. The fourth-order valence-corrected chi connectivity index (χ4v) is 1.41. The first-order chi connectivity index (χ1) is 7.97. The molecule has 96 valence electrons. The minimum absolute atomic E-state index is 0.308. The van der Waals surface area contributed by atoms with Gasteiger partial charge in [0.25, 0.3) is 0 Å². The van der Waals surface area contributed by atoms with Crippen molar-refractivity contribution in [2.45, 2.75) is 37.6 Å². The molecule has 3 N–H and O–H groups in total. The molecule has 1 aliphatic rings. The lowest BCUT2D eigenvalue weighted by Gasteiger charge is -2.38. The monoisotopic (exact) mass is 247 g/mol. The van der Waals surface area contributed by atoms with Gasteiger partial charge in [0.1, 0.15) is 31.0 Å². The van der Waals surface area contributed by atoms with E-state index in [1.807, 2.05) is 0 Å². The predicted molar refractivity (Wildman–Crippen MR) is 52.5 cm³/mol. The van der Waals surface area contributed by atoms with E-state index in [2.05, 4.69) is 14.8 Å². The molecule has 1 saturated heterocycles. The third-order valence-corrected chi connectivity index (χ3v) is 2.30. The summed E-state index contributed by atoms with van der Waals surface area (Å²) in [5, 5.41) is 31.6. The fraction of sp³-hybridized carbons (Fsp3) is 0.875. The van der Waals surface area contributed by atoms with Crippen LogP contribution in [-0.4, -0.2) is 58.5 Å². The zero-order valence-electron chi connectivity index (χ0n) is 9.00. The zero-order chi connectivity index (χ0) is 13.0. The second-order valence-electron chi connectivity index (χ2n) is 3.54. The molecule has 0 radical (unpaired) electrons. The van der Waals surface area contributed by atoms with Crippen LogP contribution in [0, 0.1) is 0 Å². The molecular formula is C8H13N3O6. The minimum Gasteiger partial charge on any atom is -0.463 e. The number of hydrogen-bond donors (Lipinski definition) is 3. The summed E-state index contributed by atoms with van der Waals surface area (Å²) >= 11 is 0. The normalized spacial score (nSPS) is 37.1. The van der Waals surface area contributed by atoms with E-state index in [4.69, 9.17) is 10.3 Å². The van der Waals surface area contributed by atoms with Crippen molar-refractivity contribution < 1.29 is 29.6 Å². The number of aliphatic hydroxyl groups excluding tert-OH is 3. The van der Waals surface area contributed by atoms with Gasteiger partial charge in [-0.25, -0.2) is 0 Å². The van der Waals surface area contributed by atoms with Gasteiger partial charge >= 0.3 is 5.97 Å². The molecular weight excluding hydrogens is 234 g/mol. The standard InChI is InChI=1S/C8H13N3O6/c1-3(12)16-2-4-5(13)6(14)7(15)8(17-4)10-11-9/h4-8,13-15H,2H2,1H3. The van der Waals surface area contributed by atoms with Crippen LogP contribution >= 0.6 is 0 Å². The number of nitrogens with zero attached hydrogens (tertiary/aromatic N) is 3. The van der Waals surface area contributed by atoms with Crippen LogP contribution in [0.1, 0.15) is 6.92 Å². The molecule has 0 amide bonds. The molecule has 0 aromatic heterocycles. The fourth-order valence-electron chi connectivity index (χ4n) is 1.41. The Labute approximate surface area is 96.2 Å². The van der Waals surface area contributed by atoms with E-state index < -0.39 is 36.6 Å². The van der Waals surface area contributed by atoms with E-state index in [-0.39, 0.29) is 6.61 Å². The van der Waals surface area contributed by atoms with Crippen molar-refractivity contribution in [3.63, 3.8) is 0 Å². The molecule has 0 aliphatic carbocycles. The van der Waals surface area contributed by atoms with Crippen molar-refractivity contribution >= 4 is 5.97 Å². The van der Waals surface area contributed by atoms with Gasteiger partial charge < -0.3 is 24.8 Å². The number of esters is 1. The van der Waals surface area contributed by atoms with Gasteiger partial charge in [0.05, 0.1) is 0 Å². The second kappa shape index (κ2) is 5.80. The SMILES string of the molecule is CC(=O)OCC1OC(N=[N+]=[N-])C(O)C(O)C1O. The Hall–Kier alpha value is -1.38. The Morgan fingerprint density at radius 1 is 1.41 bits per heavy atom. The van der Waals surface area contributed by atoms with E-state index >= 15 is 0 Å². The van der Waals surface area contributed by atoms with Crippen molar-refractivity contribution in [2.24, 2.45) is 5.11 Å². The molecule has 1 rings (SSSR count). The summed E-state index contributed by atoms with van der Waals surface area (Å²) in [5.74, 6) is -0.582. The number of hydrogen-bond acceptors (Lipinski definition) is 7. The van der Waals surface area contributed by atoms with Gasteiger partial charge in [-0.2, -0.15) is 0 Å². The first kappa shape index (κ1) is 13.7. The molecule has 1 heterocycles. The average molecular weight is 247 g/mol. The molecule has 1 aliphatic heterocycles. The molecule has 5 unspecified atom stereocenters. The maximum atomic E-state index is 10.6. The molecule has 0 spiro atoms. The Morgan fingerprint density at radius 3 is 2.59 bits per heavy atom. The summed E-state index contributed by atoms with van der Waals surface area (Å²) in [7, 11) is 0. The smallest absolute Gasteiger partial charge is 0.302 e. The average Bonchev–Trinajstić information content (AvgIpc) is 2.28. The van der Waals surface area contributed by atoms with Gasteiger partial charge in [-0.3, -0.25) is 4.79 Å². The summed E-state index contributed by atoms with van der Waals surface area (Å²) in [5.41, 5.74) is 8.23. The lowest BCUT2D eigenvalue weighted by molar-refractivity contribution is -0.229. The Balaban J connectivity index is 2.70. The highest BCUT2D eigenvalue weighted by Crippen LogP contribution is 2.22. The highest BCUT2D eigenvalue weighted by molar-refractivity contribution is 5.65. The van der Waals surface area contributed by atoms with Crippen LogP contribution in [0.25, 0.3) is 10.4 Å². The van der Waals surface area contributed by atoms with E-state index in [9.17, 15) is 20.1 Å². The van der Waals surface area contributed by atoms with Crippen molar-refractivity contribution in [1.29, 1.82) is 0 Å². The molecule has 9 heteroatoms. The summed E-state index contributed by atoms with van der Waals surface area (Å²) in [4.78, 5) is 13.0. The maximum absolute atomic E-state index is 10.6. The van der Waals surface area contributed by atoms with Gasteiger partial charge in [-0.05, 0) is 5.53 Å². The molecule has 17 heavy (non-hydrogen) atoms. The minimum atomic E-state index is -1.54. The van der Waals surface area contributed by atoms with Crippen LogP contribution in [0.4, 0.5) is 0 Å². The largest absolute Gasteiger partial charge is 0.463 e. The highest BCUT2D eigenvalue weighted by atomic mass is 16.6. The van der Waals surface area contributed by atoms with E-state index in [1.165, 1.54) is 6.92 Å². The molecule has 0 bridgehead atoms. The summed E-state index contributed by atoms with van der Waals surface area (Å²) in [6.45, 7) is 0.864. The molecule has 1 fully saturated rings. The Kier molecular flexibility index (Phi) is 4.67. The van der Waals surface area contributed by atoms with Gasteiger partial charge in [-0.1, -0.05) is 5.11 Å². The number of aliphatic hydroxyl groups is 3. The molecule has 9 nitrogen and oxygen atoms in total. The Morgan fingerprint density at radius 2 is 2.06 bits per heavy atom. The quantitative estimate of drug-likeness (QED) is 0.244. The zero-order valence-corrected chi connectivity index (χ0v) is 9.00. The van der Waals surface area contributed by atoms with E-state index in [1.54, 1.807) is 0 Å². The highest BCUT2D eigenvalue weighted by Gasteiger charge is 2.43. The maximum Gasteiger partial charge on any atom is 0.302 e. The molecule has 0 aromatic carbocycles.